The number of carbonyl (C=O) groups excluding carboxylic acids is 1. The lowest BCUT2D eigenvalue weighted by molar-refractivity contribution is -0.113. The van der Waals surface area contributed by atoms with Crippen LogP contribution in [0, 0.1) is 6.92 Å². The van der Waals surface area contributed by atoms with E-state index in [0.29, 0.717) is 27.0 Å². The summed E-state index contributed by atoms with van der Waals surface area (Å²) in [5.74, 6) is 0.903. The Morgan fingerprint density at radius 3 is 3.00 bits per heavy atom. The Morgan fingerprint density at radius 1 is 1.52 bits per heavy atom. The zero-order chi connectivity index (χ0) is 18.0. The molecule has 1 N–H and O–H groups in total. The maximum atomic E-state index is 12.7. The first-order valence-corrected chi connectivity index (χ1v) is 9.71. The Labute approximate surface area is 152 Å². The second-order valence-electron chi connectivity index (χ2n) is 5.62. The SMILES string of the molecule is CCC(C)n1c(SCC(=O)Nc2cc(C)on2)nc2ccsc2c1=O. The van der Waals surface area contributed by atoms with Crippen molar-refractivity contribution in [2.24, 2.45) is 0 Å². The van der Waals surface area contributed by atoms with Gasteiger partial charge in [-0.2, -0.15) is 0 Å². The molecule has 3 rings (SSSR count). The van der Waals surface area contributed by atoms with Gasteiger partial charge in [0.25, 0.3) is 5.56 Å². The molecule has 3 aromatic rings. The standard InChI is InChI=1S/C16H18N4O3S2/c1-4-9(2)20-15(22)14-11(5-6-24-14)17-16(20)25-8-13(21)18-12-7-10(3)23-19-12/h5-7,9H,4,8H2,1-3H3,(H,18,19,21). The molecule has 3 aromatic heterocycles. The minimum atomic E-state index is -0.228. The fourth-order valence-corrected chi connectivity index (χ4v) is 3.98. The van der Waals surface area contributed by atoms with Gasteiger partial charge in [0.05, 0.1) is 11.3 Å². The lowest BCUT2D eigenvalue weighted by Gasteiger charge is -2.17. The molecule has 1 atom stereocenters. The van der Waals surface area contributed by atoms with E-state index in [1.807, 2.05) is 25.3 Å². The number of anilines is 1. The van der Waals surface area contributed by atoms with Crippen LogP contribution < -0.4 is 10.9 Å². The molecule has 0 spiro atoms. The summed E-state index contributed by atoms with van der Waals surface area (Å²) >= 11 is 2.63. The minimum Gasteiger partial charge on any atom is -0.360 e. The number of nitrogens with zero attached hydrogens (tertiary/aromatic N) is 3. The van der Waals surface area contributed by atoms with Crippen LogP contribution in [0.2, 0.25) is 0 Å². The van der Waals surface area contributed by atoms with Crippen molar-refractivity contribution in [3.8, 4) is 0 Å². The fourth-order valence-electron chi connectivity index (χ4n) is 2.31. The number of thioether (sulfide) groups is 1. The molecule has 9 heteroatoms. The average Bonchev–Trinajstić information content (AvgIpc) is 3.21. The summed E-state index contributed by atoms with van der Waals surface area (Å²) in [6.45, 7) is 5.75. The zero-order valence-corrected chi connectivity index (χ0v) is 15.7. The highest BCUT2D eigenvalue weighted by Crippen LogP contribution is 2.24. The van der Waals surface area contributed by atoms with Gasteiger partial charge in [-0.15, -0.1) is 11.3 Å². The van der Waals surface area contributed by atoms with Gasteiger partial charge in [0.2, 0.25) is 5.91 Å². The third kappa shape index (κ3) is 3.77. The van der Waals surface area contributed by atoms with E-state index in [1.165, 1.54) is 23.1 Å². The van der Waals surface area contributed by atoms with Gasteiger partial charge in [-0.3, -0.25) is 14.2 Å². The number of carbonyl (C=O) groups is 1. The highest BCUT2D eigenvalue weighted by molar-refractivity contribution is 7.99. The summed E-state index contributed by atoms with van der Waals surface area (Å²) < 4.78 is 7.24. The molecule has 132 valence electrons. The highest BCUT2D eigenvalue weighted by atomic mass is 32.2. The maximum Gasteiger partial charge on any atom is 0.272 e. The number of nitrogens with one attached hydrogen (secondary N) is 1. The van der Waals surface area contributed by atoms with E-state index in [-0.39, 0.29) is 23.3 Å². The van der Waals surface area contributed by atoms with E-state index >= 15 is 0 Å². The predicted octanol–water partition coefficient (Wildman–Crippen LogP) is 3.46. The van der Waals surface area contributed by atoms with Gasteiger partial charge >= 0.3 is 0 Å². The summed E-state index contributed by atoms with van der Waals surface area (Å²) in [7, 11) is 0. The Kier molecular flexibility index (Phi) is 5.24. The molecular weight excluding hydrogens is 360 g/mol. The third-order valence-corrected chi connectivity index (χ3v) is 5.58. The molecule has 0 radical (unpaired) electrons. The van der Waals surface area contributed by atoms with Crippen molar-refractivity contribution in [1.29, 1.82) is 0 Å². The van der Waals surface area contributed by atoms with Crippen LogP contribution in [0.5, 0.6) is 0 Å². The average molecular weight is 378 g/mol. The van der Waals surface area contributed by atoms with Crippen LogP contribution in [0.15, 0.2) is 32.0 Å². The molecular formula is C16H18N4O3S2. The molecule has 1 amide bonds. The van der Waals surface area contributed by atoms with Crippen LogP contribution in [0.25, 0.3) is 10.2 Å². The molecule has 0 saturated heterocycles. The number of aromatic nitrogens is 3. The Hall–Kier alpha value is -2.13. The van der Waals surface area contributed by atoms with Crippen molar-refractivity contribution in [3.05, 3.63) is 33.6 Å². The second kappa shape index (κ2) is 7.40. The molecule has 0 aromatic carbocycles. The number of amides is 1. The normalized spacial score (nSPS) is 12.4. The van der Waals surface area contributed by atoms with Crippen molar-refractivity contribution in [2.45, 2.75) is 38.4 Å². The Morgan fingerprint density at radius 2 is 2.32 bits per heavy atom. The van der Waals surface area contributed by atoms with Crippen molar-refractivity contribution < 1.29 is 9.32 Å². The van der Waals surface area contributed by atoms with Crippen molar-refractivity contribution in [2.75, 3.05) is 11.1 Å². The van der Waals surface area contributed by atoms with Gasteiger partial charge in [0.1, 0.15) is 10.5 Å². The Bertz CT molecular complexity index is 960. The second-order valence-corrected chi connectivity index (χ2v) is 7.48. The lowest BCUT2D eigenvalue weighted by atomic mass is 10.2. The maximum absolute atomic E-state index is 12.7. The van der Waals surface area contributed by atoms with Crippen LogP contribution in [0.1, 0.15) is 32.1 Å². The molecule has 3 heterocycles. The van der Waals surface area contributed by atoms with E-state index in [4.69, 9.17) is 4.52 Å². The topological polar surface area (TPSA) is 90.0 Å². The predicted molar refractivity (Wildman–Crippen MR) is 99.5 cm³/mol. The van der Waals surface area contributed by atoms with Gasteiger partial charge < -0.3 is 9.84 Å². The van der Waals surface area contributed by atoms with Crippen molar-refractivity contribution in [3.63, 3.8) is 0 Å². The first kappa shape index (κ1) is 17.7. The van der Waals surface area contributed by atoms with Crippen LogP contribution in [-0.2, 0) is 4.79 Å². The molecule has 7 nitrogen and oxygen atoms in total. The van der Waals surface area contributed by atoms with Crippen molar-refractivity contribution in [1.82, 2.24) is 14.7 Å². The van der Waals surface area contributed by atoms with Gasteiger partial charge in [-0.25, -0.2) is 4.98 Å². The highest BCUT2D eigenvalue weighted by Gasteiger charge is 2.17. The quantitative estimate of drug-likeness (QED) is 0.522. The summed E-state index contributed by atoms with van der Waals surface area (Å²) in [5.41, 5.74) is 0.619. The van der Waals surface area contributed by atoms with Crippen molar-refractivity contribution >= 4 is 45.0 Å². The van der Waals surface area contributed by atoms with E-state index in [2.05, 4.69) is 15.5 Å². The molecule has 0 aliphatic rings. The lowest BCUT2D eigenvalue weighted by Crippen LogP contribution is -2.26. The van der Waals surface area contributed by atoms with Gasteiger partial charge in [0, 0.05) is 12.1 Å². The number of aryl methyl sites for hydroxylation is 1. The smallest absolute Gasteiger partial charge is 0.272 e. The first-order valence-electron chi connectivity index (χ1n) is 7.85. The zero-order valence-electron chi connectivity index (χ0n) is 14.1. The van der Waals surface area contributed by atoms with Crippen LogP contribution in [0.3, 0.4) is 0 Å². The van der Waals surface area contributed by atoms with Gasteiger partial charge in [-0.05, 0) is 31.7 Å². The summed E-state index contributed by atoms with van der Waals surface area (Å²) in [4.78, 5) is 29.4. The summed E-state index contributed by atoms with van der Waals surface area (Å²) in [6.07, 6.45) is 0.802. The van der Waals surface area contributed by atoms with Crippen LogP contribution >= 0.6 is 23.1 Å². The van der Waals surface area contributed by atoms with Gasteiger partial charge in [0.15, 0.2) is 11.0 Å². The largest absolute Gasteiger partial charge is 0.360 e. The summed E-state index contributed by atoms with van der Waals surface area (Å²) in [6, 6.07) is 3.48. The summed E-state index contributed by atoms with van der Waals surface area (Å²) in [5, 5.41) is 8.80. The molecule has 1 unspecified atom stereocenters. The number of rotatable bonds is 6. The van der Waals surface area contributed by atoms with E-state index in [0.717, 1.165) is 6.42 Å². The van der Waals surface area contributed by atoms with E-state index in [1.54, 1.807) is 17.6 Å². The molecule has 0 aliphatic carbocycles. The fraction of sp³-hybridized carbons (Fsp3) is 0.375. The van der Waals surface area contributed by atoms with Crippen LogP contribution in [-0.4, -0.2) is 26.4 Å². The first-order chi connectivity index (χ1) is 12.0. The molecule has 0 aliphatic heterocycles. The monoisotopic (exact) mass is 378 g/mol. The third-order valence-electron chi connectivity index (χ3n) is 3.74. The number of thiophene rings is 1. The van der Waals surface area contributed by atoms with E-state index < -0.39 is 0 Å². The number of fused-ring (bicyclic) bond motifs is 1. The van der Waals surface area contributed by atoms with Gasteiger partial charge in [-0.1, -0.05) is 23.8 Å². The number of hydrogen-bond acceptors (Lipinski definition) is 7. The minimum absolute atomic E-state index is 0.00949. The molecule has 0 fully saturated rings. The van der Waals surface area contributed by atoms with E-state index in [9.17, 15) is 9.59 Å². The Balaban J connectivity index is 1.82. The molecule has 0 bridgehead atoms. The molecule has 25 heavy (non-hydrogen) atoms. The van der Waals surface area contributed by atoms with Crippen LogP contribution in [0.4, 0.5) is 5.82 Å². The number of hydrogen-bond donors (Lipinski definition) is 1. The molecule has 0 saturated carbocycles.